The van der Waals surface area contributed by atoms with Crippen molar-refractivity contribution in [2.45, 2.75) is 0 Å². The zero-order chi connectivity index (χ0) is 9.38. The van der Waals surface area contributed by atoms with E-state index in [9.17, 15) is 0 Å². The van der Waals surface area contributed by atoms with Crippen LogP contribution in [0, 0.1) is 0 Å². The number of nitrogens with zero attached hydrogens (tertiary/aromatic N) is 1. The molecule has 1 aliphatic heterocycles. The molecule has 1 aliphatic rings. The summed E-state index contributed by atoms with van der Waals surface area (Å²) in [6, 6.07) is 10.1. The van der Waals surface area contributed by atoms with Gasteiger partial charge in [0.1, 0.15) is 6.61 Å². The van der Waals surface area contributed by atoms with E-state index in [-0.39, 0.29) is 0 Å². The summed E-state index contributed by atoms with van der Waals surface area (Å²) < 4.78 is 5.51. The summed E-state index contributed by atoms with van der Waals surface area (Å²) in [5.74, 6) is 1.71. The highest BCUT2D eigenvalue weighted by Gasteiger charge is 2.11. The van der Waals surface area contributed by atoms with Crippen LogP contribution in [0.25, 0.3) is 10.9 Å². The Morgan fingerprint density at radius 2 is 2.21 bits per heavy atom. The number of ether oxygens (including phenoxy) is 1. The number of fused-ring (bicyclic) bond motifs is 2. The Morgan fingerprint density at radius 3 is 3.21 bits per heavy atom. The van der Waals surface area contributed by atoms with Crippen molar-refractivity contribution in [2.75, 3.05) is 18.5 Å². The molecule has 0 spiro atoms. The fourth-order valence-electron chi connectivity index (χ4n) is 1.66. The molecule has 1 aromatic heterocycles. The SMILES string of the molecule is c1ccc2nc3c(cc2c1)OCCN3. The maximum Gasteiger partial charge on any atom is 0.169 e. The lowest BCUT2D eigenvalue weighted by Gasteiger charge is -2.18. The summed E-state index contributed by atoms with van der Waals surface area (Å²) in [5, 5.41) is 4.34. The zero-order valence-corrected chi connectivity index (χ0v) is 7.66. The fourth-order valence-corrected chi connectivity index (χ4v) is 1.66. The van der Waals surface area contributed by atoms with E-state index < -0.39 is 0 Å². The molecule has 0 atom stereocenters. The lowest BCUT2D eigenvalue weighted by atomic mass is 10.2. The first-order valence-electron chi connectivity index (χ1n) is 4.70. The van der Waals surface area contributed by atoms with Crippen LogP contribution in [0.4, 0.5) is 5.82 Å². The number of nitrogens with one attached hydrogen (secondary N) is 1. The van der Waals surface area contributed by atoms with Crippen molar-refractivity contribution >= 4 is 16.7 Å². The molecule has 14 heavy (non-hydrogen) atoms. The maximum atomic E-state index is 5.51. The average Bonchev–Trinajstić information content (AvgIpc) is 2.26. The zero-order valence-electron chi connectivity index (χ0n) is 7.66. The van der Waals surface area contributed by atoms with Gasteiger partial charge in [-0.15, -0.1) is 0 Å². The first-order chi connectivity index (χ1) is 6.93. The minimum atomic E-state index is 0.715. The molecular weight excluding hydrogens is 176 g/mol. The molecule has 2 heterocycles. The number of pyridine rings is 1. The van der Waals surface area contributed by atoms with Gasteiger partial charge in [-0.05, 0) is 12.1 Å². The Bertz CT molecular complexity index is 437. The van der Waals surface area contributed by atoms with Crippen LogP contribution in [-0.2, 0) is 0 Å². The molecule has 0 bridgehead atoms. The molecule has 0 radical (unpaired) electrons. The van der Waals surface area contributed by atoms with E-state index in [1.165, 1.54) is 0 Å². The number of aromatic nitrogens is 1. The summed E-state index contributed by atoms with van der Waals surface area (Å²) in [5.41, 5.74) is 1.00. The van der Waals surface area contributed by atoms with Crippen molar-refractivity contribution < 1.29 is 4.74 Å². The van der Waals surface area contributed by atoms with E-state index in [1.54, 1.807) is 0 Å². The van der Waals surface area contributed by atoms with Crippen molar-refractivity contribution in [3.63, 3.8) is 0 Å². The van der Waals surface area contributed by atoms with E-state index in [0.29, 0.717) is 6.61 Å². The first kappa shape index (κ1) is 7.62. The Balaban J connectivity index is 2.27. The second-order valence-electron chi connectivity index (χ2n) is 3.30. The van der Waals surface area contributed by atoms with Gasteiger partial charge in [0.15, 0.2) is 11.6 Å². The number of para-hydroxylation sites is 1. The van der Waals surface area contributed by atoms with Crippen LogP contribution < -0.4 is 10.1 Å². The van der Waals surface area contributed by atoms with Crippen LogP contribution in [0.2, 0.25) is 0 Å². The minimum Gasteiger partial charge on any atom is -0.488 e. The third kappa shape index (κ3) is 1.09. The number of hydrogen-bond acceptors (Lipinski definition) is 3. The maximum absolute atomic E-state index is 5.51. The number of anilines is 1. The molecule has 0 aliphatic carbocycles. The Kier molecular flexibility index (Phi) is 1.56. The van der Waals surface area contributed by atoms with E-state index in [0.717, 1.165) is 29.0 Å². The summed E-state index contributed by atoms with van der Waals surface area (Å²) in [7, 11) is 0. The number of rotatable bonds is 0. The van der Waals surface area contributed by atoms with E-state index in [4.69, 9.17) is 4.74 Å². The molecule has 2 aromatic rings. The average molecular weight is 186 g/mol. The Morgan fingerprint density at radius 1 is 1.29 bits per heavy atom. The highest BCUT2D eigenvalue weighted by Crippen LogP contribution is 2.28. The molecule has 0 saturated heterocycles. The van der Waals surface area contributed by atoms with E-state index in [2.05, 4.69) is 10.3 Å². The van der Waals surface area contributed by atoms with Gasteiger partial charge in [-0.1, -0.05) is 18.2 Å². The van der Waals surface area contributed by atoms with E-state index >= 15 is 0 Å². The van der Waals surface area contributed by atoms with Crippen molar-refractivity contribution in [3.8, 4) is 5.75 Å². The summed E-state index contributed by atoms with van der Waals surface area (Å²) in [6.07, 6.45) is 0. The van der Waals surface area contributed by atoms with Crippen molar-refractivity contribution in [3.05, 3.63) is 30.3 Å². The molecule has 3 heteroatoms. The van der Waals surface area contributed by atoms with Crippen LogP contribution in [0.15, 0.2) is 30.3 Å². The molecule has 1 aromatic carbocycles. The smallest absolute Gasteiger partial charge is 0.169 e. The van der Waals surface area contributed by atoms with Crippen LogP contribution in [0.1, 0.15) is 0 Å². The predicted molar refractivity (Wildman–Crippen MR) is 55.7 cm³/mol. The van der Waals surface area contributed by atoms with Crippen LogP contribution in [0.3, 0.4) is 0 Å². The Hall–Kier alpha value is -1.77. The van der Waals surface area contributed by atoms with Crippen LogP contribution in [-0.4, -0.2) is 18.1 Å². The number of benzene rings is 1. The second kappa shape index (κ2) is 2.87. The summed E-state index contributed by atoms with van der Waals surface area (Å²) in [6.45, 7) is 1.55. The van der Waals surface area contributed by atoms with Gasteiger partial charge in [0.25, 0.3) is 0 Å². The van der Waals surface area contributed by atoms with Gasteiger partial charge in [0, 0.05) is 5.39 Å². The third-order valence-corrected chi connectivity index (χ3v) is 2.34. The fraction of sp³-hybridized carbons (Fsp3) is 0.182. The highest BCUT2D eigenvalue weighted by atomic mass is 16.5. The molecular formula is C11H10N2O. The van der Waals surface area contributed by atoms with Gasteiger partial charge in [0.05, 0.1) is 12.1 Å². The highest BCUT2D eigenvalue weighted by molar-refractivity contribution is 5.83. The van der Waals surface area contributed by atoms with Crippen molar-refractivity contribution in [1.29, 1.82) is 0 Å². The quantitative estimate of drug-likeness (QED) is 0.683. The molecule has 3 nitrogen and oxygen atoms in total. The molecule has 0 amide bonds. The lowest BCUT2D eigenvalue weighted by Crippen LogP contribution is -2.18. The topological polar surface area (TPSA) is 34.1 Å². The lowest BCUT2D eigenvalue weighted by molar-refractivity contribution is 0.322. The minimum absolute atomic E-state index is 0.715. The molecule has 0 unspecified atom stereocenters. The first-order valence-corrected chi connectivity index (χ1v) is 4.70. The monoisotopic (exact) mass is 186 g/mol. The van der Waals surface area contributed by atoms with Gasteiger partial charge in [-0.25, -0.2) is 4.98 Å². The molecule has 1 N–H and O–H groups in total. The molecule has 0 saturated carbocycles. The molecule has 0 fully saturated rings. The molecule has 70 valence electrons. The Labute approximate surface area is 81.7 Å². The van der Waals surface area contributed by atoms with Crippen LogP contribution >= 0.6 is 0 Å². The normalized spacial score (nSPS) is 14.3. The second-order valence-corrected chi connectivity index (χ2v) is 3.30. The third-order valence-electron chi connectivity index (χ3n) is 2.34. The summed E-state index contributed by atoms with van der Waals surface area (Å²) >= 11 is 0. The van der Waals surface area contributed by atoms with Gasteiger partial charge >= 0.3 is 0 Å². The van der Waals surface area contributed by atoms with E-state index in [1.807, 2.05) is 30.3 Å². The van der Waals surface area contributed by atoms with Gasteiger partial charge in [0.2, 0.25) is 0 Å². The van der Waals surface area contributed by atoms with Crippen LogP contribution in [0.5, 0.6) is 5.75 Å². The van der Waals surface area contributed by atoms with Crippen molar-refractivity contribution in [2.24, 2.45) is 0 Å². The predicted octanol–water partition coefficient (Wildman–Crippen LogP) is 2.04. The van der Waals surface area contributed by atoms with Gasteiger partial charge < -0.3 is 10.1 Å². The largest absolute Gasteiger partial charge is 0.488 e. The molecule has 3 rings (SSSR count). The van der Waals surface area contributed by atoms with Crippen molar-refractivity contribution in [1.82, 2.24) is 4.98 Å². The summed E-state index contributed by atoms with van der Waals surface area (Å²) in [4.78, 5) is 4.48. The number of hydrogen-bond donors (Lipinski definition) is 1. The van der Waals surface area contributed by atoms with Gasteiger partial charge in [-0.3, -0.25) is 0 Å². The standard InChI is InChI=1S/C11H10N2O/c1-2-4-9-8(3-1)7-10-11(13-9)12-5-6-14-10/h1-4,7H,5-6H2,(H,12,13). The van der Waals surface area contributed by atoms with Gasteiger partial charge in [-0.2, -0.15) is 0 Å².